The minimum absolute atomic E-state index is 0.305. The number of hydrogen-bond acceptors (Lipinski definition) is 3. The number of benzene rings is 1. The van der Waals surface area contributed by atoms with Gasteiger partial charge in [0.15, 0.2) is 0 Å². The highest BCUT2D eigenvalue weighted by atomic mass is 16.5. The van der Waals surface area contributed by atoms with Crippen molar-refractivity contribution in [3.8, 4) is 5.75 Å². The Morgan fingerprint density at radius 1 is 1.29 bits per heavy atom. The zero-order chi connectivity index (χ0) is 15.5. The second-order valence-corrected chi connectivity index (χ2v) is 5.72. The maximum Gasteiger partial charge on any atom is 0.319 e. The highest BCUT2D eigenvalue weighted by Crippen LogP contribution is 2.45. The largest absolute Gasteiger partial charge is 0.492 e. The zero-order valence-electron chi connectivity index (χ0n) is 12.4. The summed E-state index contributed by atoms with van der Waals surface area (Å²) in [6.07, 6.45) is 0.845. The van der Waals surface area contributed by atoms with Gasteiger partial charge in [0.1, 0.15) is 17.8 Å². The number of amides is 1. The van der Waals surface area contributed by atoms with Gasteiger partial charge in [-0.1, -0.05) is 26.0 Å². The van der Waals surface area contributed by atoms with Crippen LogP contribution >= 0.6 is 0 Å². The number of rotatable bonds is 7. The van der Waals surface area contributed by atoms with Crippen LogP contribution in [0.2, 0.25) is 0 Å². The van der Waals surface area contributed by atoms with Gasteiger partial charge in [0.25, 0.3) is 0 Å². The maximum absolute atomic E-state index is 11.8. The molecule has 0 radical (unpaired) electrons. The number of ether oxygens (including phenoxy) is 1. The average Bonchev–Trinajstić information content (AvgIpc) is 3.25. The Balaban J connectivity index is 1.72. The Bertz CT molecular complexity index is 518. The van der Waals surface area contributed by atoms with Crippen LogP contribution in [0, 0.1) is 5.41 Å². The average molecular weight is 291 g/mol. The number of carboxylic acid groups (broad SMARTS) is 1. The standard InChI is InChI=1S/C16H21NO4/c1-11(2)12-3-5-13(6-4-12)21-10-9-17-14(18)16(7-8-16)15(19)20/h3-6,11H,7-10H2,1-2H3,(H,17,18)(H,19,20). The van der Waals surface area contributed by atoms with E-state index in [1.165, 1.54) is 5.56 Å². The van der Waals surface area contributed by atoms with Gasteiger partial charge in [-0.2, -0.15) is 0 Å². The number of carbonyl (C=O) groups excluding carboxylic acids is 1. The first-order valence-electron chi connectivity index (χ1n) is 7.20. The number of carboxylic acids is 1. The number of aliphatic carboxylic acids is 1. The molecule has 0 atom stereocenters. The third kappa shape index (κ3) is 3.54. The summed E-state index contributed by atoms with van der Waals surface area (Å²) in [6.45, 7) is 4.88. The minimum atomic E-state index is -1.18. The van der Waals surface area contributed by atoms with Crippen molar-refractivity contribution in [3.05, 3.63) is 29.8 Å². The maximum atomic E-state index is 11.8. The van der Waals surface area contributed by atoms with E-state index in [-0.39, 0.29) is 0 Å². The second-order valence-electron chi connectivity index (χ2n) is 5.72. The summed E-state index contributed by atoms with van der Waals surface area (Å²) >= 11 is 0. The van der Waals surface area contributed by atoms with E-state index < -0.39 is 17.3 Å². The van der Waals surface area contributed by atoms with Crippen molar-refractivity contribution in [1.82, 2.24) is 5.32 Å². The summed E-state index contributed by atoms with van der Waals surface area (Å²) in [5.74, 6) is -0.226. The smallest absolute Gasteiger partial charge is 0.319 e. The molecule has 1 aliphatic carbocycles. The number of carbonyl (C=O) groups is 2. The molecule has 1 aliphatic rings. The van der Waals surface area contributed by atoms with Crippen molar-refractivity contribution in [2.75, 3.05) is 13.2 Å². The predicted molar refractivity (Wildman–Crippen MR) is 78.3 cm³/mol. The highest BCUT2D eigenvalue weighted by molar-refractivity contribution is 6.04. The Kier molecular flexibility index (Phi) is 4.50. The molecule has 0 unspecified atom stereocenters. The molecule has 5 nitrogen and oxygen atoms in total. The molecule has 0 spiro atoms. The first kappa shape index (κ1) is 15.4. The quantitative estimate of drug-likeness (QED) is 0.596. The number of hydrogen-bond donors (Lipinski definition) is 2. The minimum Gasteiger partial charge on any atom is -0.492 e. The fourth-order valence-electron chi connectivity index (χ4n) is 2.11. The molecule has 0 bridgehead atoms. The van der Waals surface area contributed by atoms with Crippen LogP contribution in [-0.2, 0) is 9.59 Å². The molecular formula is C16H21NO4. The van der Waals surface area contributed by atoms with Gasteiger partial charge in [0, 0.05) is 0 Å². The summed E-state index contributed by atoms with van der Waals surface area (Å²) in [7, 11) is 0. The summed E-state index contributed by atoms with van der Waals surface area (Å²) < 4.78 is 5.52. The van der Waals surface area contributed by atoms with Crippen molar-refractivity contribution in [1.29, 1.82) is 0 Å². The van der Waals surface area contributed by atoms with Crippen LogP contribution in [0.15, 0.2) is 24.3 Å². The lowest BCUT2D eigenvalue weighted by Gasteiger charge is -2.12. The molecule has 0 aliphatic heterocycles. The molecule has 5 heteroatoms. The summed E-state index contributed by atoms with van der Waals surface area (Å²) in [5.41, 5.74) is 0.0617. The van der Waals surface area contributed by atoms with Crippen LogP contribution in [0.25, 0.3) is 0 Å². The molecule has 2 rings (SSSR count). The molecule has 1 fully saturated rings. The van der Waals surface area contributed by atoms with E-state index in [0.717, 1.165) is 5.75 Å². The first-order valence-corrected chi connectivity index (χ1v) is 7.20. The van der Waals surface area contributed by atoms with E-state index in [1.807, 2.05) is 24.3 Å². The van der Waals surface area contributed by atoms with Crippen molar-refractivity contribution in [2.45, 2.75) is 32.6 Å². The summed E-state index contributed by atoms with van der Waals surface area (Å²) in [5, 5.41) is 11.6. The number of nitrogens with one attached hydrogen (secondary N) is 1. The van der Waals surface area contributed by atoms with Crippen LogP contribution in [0.5, 0.6) is 5.75 Å². The highest BCUT2D eigenvalue weighted by Gasteiger charge is 2.56. The lowest BCUT2D eigenvalue weighted by atomic mass is 10.0. The summed E-state index contributed by atoms with van der Waals surface area (Å²) in [6, 6.07) is 7.83. The third-order valence-corrected chi connectivity index (χ3v) is 3.80. The normalized spacial score (nSPS) is 15.6. The van der Waals surface area contributed by atoms with Gasteiger partial charge >= 0.3 is 5.97 Å². The first-order chi connectivity index (χ1) is 9.95. The molecule has 2 N–H and O–H groups in total. The zero-order valence-corrected chi connectivity index (χ0v) is 12.4. The van der Waals surface area contributed by atoms with Gasteiger partial charge in [0.05, 0.1) is 6.54 Å². The van der Waals surface area contributed by atoms with Crippen molar-refractivity contribution < 1.29 is 19.4 Å². The van der Waals surface area contributed by atoms with Crippen molar-refractivity contribution in [3.63, 3.8) is 0 Å². The van der Waals surface area contributed by atoms with Crippen LogP contribution in [0.4, 0.5) is 0 Å². The van der Waals surface area contributed by atoms with Crippen LogP contribution in [0.1, 0.15) is 38.2 Å². The molecule has 21 heavy (non-hydrogen) atoms. The Morgan fingerprint density at radius 3 is 2.38 bits per heavy atom. The van der Waals surface area contributed by atoms with E-state index in [2.05, 4.69) is 19.2 Å². The summed E-state index contributed by atoms with van der Waals surface area (Å²) in [4.78, 5) is 22.7. The SMILES string of the molecule is CC(C)c1ccc(OCCNC(=O)C2(C(=O)O)CC2)cc1. The molecule has 0 aromatic heterocycles. The van der Waals surface area contributed by atoms with Crippen LogP contribution in [0.3, 0.4) is 0 Å². The molecule has 1 saturated carbocycles. The van der Waals surface area contributed by atoms with Crippen molar-refractivity contribution >= 4 is 11.9 Å². The van der Waals surface area contributed by atoms with Gasteiger partial charge < -0.3 is 15.2 Å². The van der Waals surface area contributed by atoms with Gasteiger partial charge in [-0.05, 0) is 36.5 Å². The van der Waals surface area contributed by atoms with E-state index in [1.54, 1.807) is 0 Å². The molecule has 1 amide bonds. The topological polar surface area (TPSA) is 75.6 Å². The van der Waals surface area contributed by atoms with E-state index >= 15 is 0 Å². The van der Waals surface area contributed by atoms with Gasteiger partial charge in [-0.15, -0.1) is 0 Å². The van der Waals surface area contributed by atoms with Crippen LogP contribution in [-0.4, -0.2) is 30.1 Å². The molecule has 1 aromatic carbocycles. The third-order valence-electron chi connectivity index (χ3n) is 3.80. The van der Waals surface area contributed by atoms with Gasteiger partial charge in [-0.3, -0.25) is 9.59 Å². The molecule has 0 heterocycles. The molecular weight excluding hydrogens is 270 g/mol. The van der Waals surface area contributed by atoms with E-state index in [9.17, 15) is 9.59 Å². The van der Waals surface area contributed by atoms with E-state index in [4.69, 9.17) is 9.84 Å². The monoisotopic (exact) mass is 291 g/mol. The lowest BCUT2D eigenvalue weighted by molar-refractivity contribution is -0.149. The van der Waals surface area contributed by atoms with Crippen LogP contribution < -0.4 is 10.1 Å². The second kappa shape index (κ2) is 6.16. The predicted octanol–water partition coefficient (Wildman–Crippen LogP) is 2.17. The Hall–Kier alpha value is -2.04. The van der Waals surface area contributed by atoms with Gasteiger partial charge in [0.2, 0.25) is 5.91 Å². The lowest BCUT2D eigenvalue weighted by Crippen LogP contribution is -2.38. The Morgan fingerprint density at radius 2 is 1.90 bits per heavy atom. The van der Waals surface area contributed by atoms with Crippen molar-refractivity contribution in [2.24, 2.45) is 5.41 Å². The fraction of sp³-hybridized carbons (Fsp3) is 0.500. The molecule has 0 saturated heterocycles. The molecule has 1 aromatic rings. The Labute approximate surface area is 124 Å². The molecule has 114 valence electrons. The fourth-order valence-corrected chi connectivity index (χ4v) is 2.11. The van der Waals surface area contributed by atoms with Gasteiger partial charge in [-0.25, -0.2) is 0 Å². The van der Waals surface area contributed by atoms with E-state index in [0.29, 0.717) is 31.9 Å².